The van der Waals surface area contributed by atoms with E-state index in [4.69, 9.17) is 0 Å². The molecule has 0 amide bonds. The van der Waals surface area contributed by atoms with Crippen LogP contribution in [0.3, 0.4) is 0 Å². The summed E-state index contributed by atoms with van der Waals surface area (Å²) in [6.45, 7) is 4.22. The van der Waals surface area contributed by atoms with Crippen LogP contribution in [-0.4, -0.2) is 0 Å². The van der Waals surface area contributed by atoms with Crippen LogP contribution < -0.4 is 0 Å². The lowest BCUT2D eigenvalue weighted by Gasteiger charge is -2.04. The molecule has 0 saturated carbocycles. The fraction of sp³-hybridized carbons (Fsp3) is 0.200. The minimum Gasteiger partial charge on any atom is -0.0506 e. The van der Waals surface area contributed by atoms with Gasteiger partial charge in [0.25, 0.3) is 0 Å². The van der Waals surface area contributed by atoms with Gasteiger partial charge in [0.05, 0.1) is 3.39 Å². The molecule has 0 aliphatic heterocycles. The van der Waals surface area contributed by atoms with Gasteiger partial charge in [-0.15, -0.1) is 0 Å². The van der Waals surface area contributed by atoms with Gasteiger partial charge in [-0.1, -0.05) is 22.0 Å². The van der Waals surface area contributed by atoms with E-state index in [-0.39, 0.29) is 0 Å². The highest BCUT2D eigenvalue weighted by Crippen LogP contribution is 2.26. The lowest BCUT2D eigenvalue weighted by atomic mass is 10.1. The molecule has 3 heteroatoms. The first-order valence-corrected chi connectivity index (χ1v) is 6.18. The van der Waals surface area contributed by atoms with Crippen LogP contribution in [0.25, 0.3) is 6.08 Å². The van der Waals surface area contributed by atoms with E-state index < -0.39 is 0 Å². The molecule has 0 saturated heterocycles. The number of hydrogen-bond donors (Lipinski definition) is 0. The Hall–Kier alpha value is 0.400. The van der Waals surface area contributed by atoms with Gasteiger partial charge in [0.15, 0.2) is 0 Å². The maximum Gasteiger partial charge on any atom is 0.0610 e. The molecule has 0 unspecified atom stereocenters. The molecule has 70 valence electrons. The van der Waals surface area contributed by atoms with E-state index in [1.54, 1.807) is 0 Å². The molecule has 0 heterocycles. The van der Waals surface area contributed by atoms with Crippen LogP contribution in [-0.2, 0) is 0 Å². The molecule has 0 aliphatic carbocycles. The molecule has 13 heavy (non-hydrogen) atoms. The van der Waals surface area contributed by atoms with Crippen LogP contribution in [0.15, 0.2) is 20.0 Å². The smallest absolute Gasteiger partial charge is 0.0506 e. The normalized spacial score (nSPS) is 9.92. The van der Waals surface area contributed by atoms with Gasteiger partial charge < -0.3 is 0 Å². The highest BCUT2D eigenvalue weighted by Gasteiger charge is 2.00. The SMILES string of the molecule is Cc1cc(Br)c(C=C(Br)Br)cc1C. The van der Waals surface area contributed by atoms with Crippen molar-refractivity contribution in [1.82, 2.24) is 0 Å². The Morgan fingerprint density at radius 3 is 2.23 bits per heavy atom. The van der Waals surface area contributed by atoms with Crippen molar-refractivity contribution in [2.75, 3.05) is 0 Å². The summed E-state index contributed by atoms with van der Waals surface area (Å²) in [7, 11) is 0. The van der Waals surface area contributed by atoms with Crippen molar-refractivity contribution < 1.29 is 0 Å². The van der Waals surface area contributed by atoms with Crippen LogP contribution in [0.4, 0.5) is 0 Å². The zero-order valence-corrected chi connectivity index (χ0v) is 12.1. The van der Waals surface area contributed by atoms with Crippen molar-refractivity contribution in [3.8, 4) is 0 Å². The van der Waals surface area contributed by atoms with Crippen LogP contribution >= 0.6 is 47.8 Å². The predicted octanol–water partition coefficient (Wildman–Crippen LogP) is 5.15. The minimum absolute atomic E-state index is 0.948. The third-order valence-corrected chi connectivity index (χ3v) is 3.02. The van der Waals surface area contributed by atoms with Crippen molar-refractivity contribution in [3.63, 3.8) is 0 Å². The van der Waals surface area contributed by atoms with Gasteiger partial charge in [0, 0.05) is 4.47 Å². The molecule has 1 aromatic carbocycles. The summed E-state index contributed by atoms with van der Waals surface area (Å²) in [5.74, 6) is 0. The molecular weight excluding hydrogens is 360 g/mol. The third-order valence-electron chi connectivity index (χ3n) is 1.88. The standard InChI is InChI=1S/C10H9Br3/c1-6-3-8(5-10(12)13)9(11)4-7(6)2/h3-5H,1-2H3. The number of hydrogen-bond acceptors (Lipinski definition) is 0. The molecule has 0 radical (unpaired) electrons. The van der Waals surface area contributed by atoms with E-state index >= 15 is 0 Å². The lowest BCUT2D eigenvalue weighted by Crippen LogP contribution is -1.84. The Kier molecular flexibility index (Phi) is 4.20. The molecule has 0 atom stereocenters. The second-order valence-corrected chi connectivity index (χ2v) is 6.52. The monoisotopic (exact) mass is 366 g/mol. The van der Waals surface area contributed by atoms with Gasteiger partial charge in [-0.25, -0.2) is 0 Å². The summed E-state index contributed by atoms with van der Waals surface area (Å²) in [5.41, 5.74) is 3.78. The Morgan fingerprint density at radius 2 is 1.69 bits per heavy atom. The number of aryl methyl sites for hydroxylation is 2. The summed E-state index contributed by atoms with van der Waals surface area (Å²) < 4.78 is 2.07. The van der Waals surface area contributed by atoms with E-state index in [2.05, 4.69) is 73.8 Å². The summed E-state index contributed by atoms with van der Waals surface area (Å²) in [6, 6.07) is 4.28. The number of benzene rings is 1. The van der Waals surface area contributed by atoms with E-state index in [9.17, 15) is 0 Å². The molecule has 1 aromatic rings. The molecule has 0 aliphatic rings. The zero-order chi connectivity index (χ0) is 10.0. The molecule has 0 aromatic heterocycles. The first-order chi connectivity index (χ1) is 6.00. The number of rotatable bonds is 1. The second kappa shape index (κ2) is 4.76. The van der Waals surface area contributed by atoms with E-state index in [0.29, 0.717) is 0 Å². The van der Waals surface area contributed by atoms with Crippen molar-refractivity contribution in [3.05, 3.63) is 36.7 Å². The van der Waals surface area contributed by atoms with Gasteiger partial charge in [-0.3, -0.25) is 0 Å². The zero-order valence-electron chi connectivity index (χ0n) is 7.37. The molecule has 0 bridgehead atoms. The second-order valence-electron chi connectivity index (χ2n) is 2.89. The molecule has 0 nitrogen and oxygen atoms in total. The topological polar surface area (TPSA) is 0 Å². The third kappa shape index (κ3) is 3.22. The Morgan fingerprint density at radius 1 is 1.15 bits per heavy atom. The summed E-state index contributed by atoms with van der Waals surface area (Å²) in [5, 5.41) is 0. The Bertz CT molecular complexity index is 349. The van der Waals surface area contributed by atoms with E-state index in [1.807, 2.05) is 6.08 Å². The fourth-order valence-electron chi connectivity index (χ4n) is 1.03. The van der Waals surface area contributed by atoms with Crippen LogP contribution in [0.1, 0.15) is 16.7 Å². The highest BCUT2D eigenvalue weighted by molar-refractivity contribution is 9.28. The highest BCUT2D eigenvalue weighted by atomic mass is 79.9. The summed E-state index contributed by atoms with van der Waals surface area (Å²) >= 11 is 10.2. The quantitative estimate of drug-likeness (QED) is 0.642. The molecule has 0 fully saturated rings. The maximum atomic E-state index is 3.52. The average molecular weight is 369 g/mol. The first-order valence-electron chi connectivity index (χ1n) is 3.80. The van der Waals surface area contributed by atoms with Crippen molar-refractivity contribution >= 4 is 53.9 Å². The van der Waals surface area contributed by atoms with E-state index in [0.717, 1.165) is 7.86 Å². The Balaban J connectivity index is 3.24. The largest absolute Gasteiger partial charge is 0.0610 e. The first kappa shape index (κ1) is 11.5. The molecule has 0 spiro atoms. The van der Waals surface area contributed by atoms with Crippen molar-refractivity contribution in [2.45, 2.75) is 13.8 Å². The van der Waals surface area contributed by atoms with Gasteiger partial charge in [-0.05, 0) is 74.5 Å². The fourth-order valence-corrected chi connectivity index (χ4v) is 2.10. The molecule has 0 N–H and O–H groups in total. The molecule has 1 rings (SSSR count). The lowest BCUT2D eigenvalue weighted by molar-refractivity contribution is 1.32. The summed E-state index contributed by atoms with van der Waals surface area (Å²) in [6.07, 6.45) is 2.02. The maximum absolute atomic E-state index is 3.52. The van der Waals surface area contributed by atoms with Crippen LogP contribution in [0, 0.1) is 13.8 Å². The van der Waals surface area contributed by atoms with Crippen LogP contribution in [0.5, 0.6) is 0 Å². The Labute approximate surface area is 104 Å². The van der Waals surface area contributed by atoms with Gasteiger partial charge in [0.1, 0.15) is 0 Å². The minimum atomic E-state index is 0.948. The predicted molar refractivity (Wildman–Crippen MR) is 69.4 cm³/mol. The average Bonchev–Trinajstić information content (AvgIpc) is 1.99. The van der Waals surface area contributed by atoms with Gasteiger partial charge in [0.2, 0.25) is 0 Å². The van der Waals surface area contributed by atoms with Crippen molar-refractivity contribution in [2.24, 2.45) is 0 Å². The van der Waals surface area contributed by atoms with Gasteiger partial charge in [-0.2, -0.15) is 0 Å². The van der Waals surface area contributed by atoms with Crippen molar-refractivity contribution in [1.29, 1.82) is 0 Å². The van der Waals surface area contributed by atoms with Gasteiger partial charge >= 0.3 is 0 Å². The number of halogens is 3. The molecular formula is C10H9Br3. The van der Waals surface area contributed by atoms with E-state index in [1.165, 1.54) is 16.7 Å². The summed E-state index contributed by atoms with van der Waals surface area (Å²) in [4.78, 5) is 0. The van der Waals surface area contributed by atoms with Crippen LogP contribution in [0.2, 0.25) is 0 Å².